The summed E-state index contributed by atoms with van der Waals surface area (Å²) in [6, 6.07) is 10.3. The highest BCUT2D eigenvalue weighted by molar-refractivity contribution is 5.94. The summed E-state index contributed by atoms with van der Waals surface area (Å²) in [5.41, 5.74) is 0.810. The molecule has 1 aromatic carbocycles. The zero-order valence-electron chi connectivity index (χ0n) is 15.9. The SMILES string of the molecule is CC(C)N1CCC(CN2CCN(C(=O)c3ccccc3)CC2)C1.O=CO. The number of amides is 1. The molecule has 1 amide bonds. The van der Waals surface area contributed by atoms with Crippen LogP contribution in [-0.2, 0) is 4.79 Å². The van der Waals surface area contributed by atoms with Gasteiger partial charge in [0.2, 0.25) is 0 Å². The van der Waals surface area contributed by atoms with Crippen LogP contribution in [0.25, 0.3) is 0 Å². The summed E-state index contributed by atoms with van der Waals surface area (Å²) in [4.78, 5) is 28.0. The number of rotatable bonds is 4. The fourth-order valence-corrected chi connectivity index (χ4v) is 3.74. The fourth-order valence-electron chi connectivity index (χ4n) is 3.74. The molecule has 144 valence electrons. The van der Waals surface area contributed by atoms with E-state index >= 15 is 0 Å². The number of benzene rings is 1. The summed E-state index contributed by atoms with van der Waals surface area (Å²) >= 11 is 0. The van der Waals surface area contributed by atoms with Crippen LogP contribution in [-0.4, -0.2) is 84.0 Å². The van der Waals surface area contributed by atoms with Gasteiger partial charge in [-0.15, -0.1) is 0 Å². The van der Waals surface area contributed by atoms with Gasteiger partial charge in [-0.05, 0) is 44.9 Å². The molecule has 0 radical (unpaired) electrons. The molecule has 0 saturated carbocycles. The molecule has 6 nitrogen and oxygen atoms in total. The van der Waals surface area contributed by atoms with Crippen LogP contribution in [0.5, 0.6) is 0 Å². The normalized spacial score (nSPS) is 21.3. The molecule has 0 aliphatic carbocycles. The molecule has 1 aromatic rings. The van der Waals surface area contributed by atoms with Gasteiger partial charge in [0, 0.05) is 50.9 Å². The molecule has 6 heteroatoms. The van der Waals surface area contributed by atoms with Gasteiger partial charge < -0.3 is 14.9 Å². The third-order valence-electron chi connectivity index (χ3n) is 5.24. The van der Waals surface area contributed by atoms with Crippen molar-refractivity contribution in [3.8, 4) is 0 Å². The van der Waals surface area contributed by atoms with Crippen LogP contribution in [0.2, 0.25) is 0 Å². The van der Waals surface area contributed by atoms with E-state index in [2.05, 4.69) is 23.6 Å². The summed E-state index contributed by atoms with van der Waals surface area (Å²) in [6.45, 7) is 11.7. The van der Waals surface area contributed by atoms with E-state index in [-0.39, 0.29) is 12.4 Å². The number of carbonyl (C=O) groups is 2. The summed E-state index contributed by atoms with van der Waals surface area (Å²) in [5.74, 6) is 0.978. The standard InChI is InChI=1S/C19H29N3O.CH2O2/c1-16(2)22-9-8-17(15-22)14-20-10-12-21(13-11-20)19(23)18-6-4-3-5-7-18;2-1-3/h3-7,16-17H,8-15H2,1-2H3;1H,(H,2,3). The number of likely N-dealkylation sites (tertiary alicyclic amines) is 1. The van der Waals surface area contributed by atoms with E-state index in [0.717, 1.165) is 37.7 Å². The number of nitrogens with zero attached hydrogens (tertiary/aromatic N) is 3. The molecule has 1 atom stereocenters. The van der Waals surface area contributed by atoms with Gasteiger partial charge in [0.25, 0.3) is 12.4 Å². The second kappa shape index (κ2) is 10.3. The molecule has 0 aromatic heterocycles. The van der Waals surface area contributed by atoms with E-state index in [1.165, 1.54) is 26.1 Å². The van der Waals surface area contributed by atoms with E-state index < -0.39 is 0 Å². The first-order valence-corrected chi connectivity index (χ1v) is 9.43. The van der Waals surface area contributed by atoms with Crippen molar-refractivity contribution in [2.75, 3.05) is 45.8 Å². The van der Waals surface area contributed by atoms with Crippen molar-refractivity contribution < 1.29 is 14.7 Å². The van der Waals surface area contributed by atoms with Crippen LogP contribution < -0.4 is 0 Å². The van der Waals surface area contributed by atoms with Crippen molar-refractivity contribution >= 4 is 12.4 Å². The van der Waals surface area contributed by atoms with Gasteiger partial charge in [-0.25, -0.2) is 0 Å². The van der Waals surface area contributed by atoms with Gasteiger partial charge in [-0.2, -0.15) is 0 Å². The number of piperazine rings is 1. The summed E-state index contributed by atoms with van der Waals surface area (Å²) in [7, 11) is 0. The Morgan fingerprint density at radius 2 is 1.77 bits per heavy atom. The van der Waals surface area contributed by atoms with Gasteiger partial charge >= 0.3 is 0 Å². The maximum Gasteiger partial charge on any atom is 0.290 e. The van der Waals surface area contributed by atoms with Gasteiger partial charge in [0.05, 0.1) is 0 Å². The molecule has 2 aliphatic heterocycles. The molecule has 1 unspecified atom stereocenters. The minimum Gasteiger partial charge on any atom is -0.483 e. The number of carbonyl (C=O) groups excluding carboxylic acids is 1. The van der Waals surface area contributed by atoms with Crippen LogP contribution in [0, 0.1) is 5.92 Å². The number of carboxylic acid groups (broad SMARTS) is 1. The van der Waals surface area contributed by atoms with E-state index in [1.807, 2.05) is 35.2 Å². The summed E-state index contributed by atoms with van der Waals surface area (Å²) < 4.78 is 0. The van der Waals surface area contributed by atoms with E-state index in [4.69, 9.17) is 9.90 Å². The Hall–Kier alpha value is -1.92. The molecule has 2 saturated heterocycles. The number of hydrogen-bond acceptors (Lipinski definition) is 4. The largest absolute Gasteiger partial charge is 0.483 e. The van der Waals surface area contributed by atoms with Crippen molar-refractivity contribution in [2.24, 2.45) is 5.92 Å². The second-order valence-corrected chi connectivity index (χ2v) is 7.31. The van der Waals surface area contributed by atoms with Gasteiger partial charge in [-0.1, -0.05) is 18.2 Å². The average molecular weight is 361 g/mol. The molecule has 2 fully saturated rings. The quantitative estimate of drug-likeness (QED) is 0.830. The van der Waals surface area contributed by atoms with Crippen LogP contribution in [0.4, 0.5) is 0 Å². The lowest BCUT2D eigenvalue weighted by atomic mass is 10.1. The highest BCUT2D eigenvalue weighted by Crippen LogP contribution is 2.20. The second-order valence-electron chi connectivity index (χ2n) is 7.31. The Morgan fingerprint density at radius 3 is 2.31 bits per heavy atom. The molecule has 26 heavy (non-hydrogen) atoms. The molecule has 1 N–H and O–H groups in total. The zero-order valence-corrected chi connectivity index (χ0v) is 15.9. The van der Waals surface area contributed by atoms with E-state index in [1.54, 1.807) is 0 Å². The van der Waals surface area contributed by atoms with Crippen molar-refractivity contribution in [3.05, 3.63) is 35.9 Å². The van der Waals surface area contributed by atoms with Crippen LogP contribution in [0.1, 0.15) is 30.6 Å². The van der Waals surface area contributed by atoms with E-state index in [9.17, 15) is 4.79 Å². The summed E-state index contributed by atoms with van der Waals surface area (Å²) in [5, 5.41) is 6.89. The van der Waals surface area contributed by atoms with Crippen LogP contribution in [0.3, 0.4) is 0 Å². The number of hydrogen-bond donors (Lipinski definition) is 1. The van der Waals surface area contributed by atoms with Gasteiger partial charge in [0.1, 0.15) is 0 Å². The van der Waals surface area contributed by atoms with Crippen molar-refractivity contribution in [2.45, 2.75) is 26.3 Å². The maximum absolute atomic E-state index is 12.5. The monoisotopic (exact) mass is 361 g/mol. The topological polar surface area (TPSA) is 64.1 Å². The van der Waals surface area contributed by atoms with Gasteiger partial charge in [0.15, 0.2) is 0 Å². The predicted octanol–water partition coefficient (Wildman–Crippen LogP) is 1.88. The van der Waals surface area contributed by atoms with Crippen molar-refractivity contribution in [1.29, 1.82) is 0 Å². The Balaban J connectivity index is 0.000000758. The first-order valence-electron chi connectivity index (χ1n) is 9.43. The predicted molar refractivity (Wildman–Crippen MR) is 102 cm³/mol. The third-order valence-corrected chi connectivity index (χ3v) is 5.24. The fraction of sp³-hybridized carbons (Fsp3) is 0.600. The Labute approximate surface area is 156 Å². The molecular formula is C20H31N3O3. The minimum absolute atomic E-state index is 0.178. The highest BCUT2D eigenvalue weighted by Gasteiger charge is 2.28. The first-order chi connectivity index (χ1) is 12.5. The molecule has 0 spiro atoms. The first kappa shape index (κ1) is 20.4. The molecular weight excluding hydrogens is 330 g/mol. The Morgan fingerprint density at radius 1 is 1.15 bits per heavy atom. The average Bonchev–Trinajstić information content (AvgIpc) is 3.12. The zero-order chi connectivity index (χ0) is 18.9. The smallest absolute Gasteiger partial charge is 0.290 e. The summed E-state index contributed by atoms with van der Waals surface area (Å²) in [6.07, 6.45) is 1.32. The molecule has 2 aliphatic rings. The lowest BCUT2D eigenvalue weighted by molar-refractivity contribution is -0.122. The molecule has 0 bridgehead atoms. The van der Waals surface area contributed by atoms with Gasteiger partial charge in [-0.3, -0.25) is 14.5 Å². The minimum atomic E-state index is -0.250. The van der Waals surface area contributed by atoms with Crippen molar-refractivity contribution in [3.63, 3.8) is 0 Å². The Kier molecular flexibility index (Phi) is 8.06. The third kappa shape index (κ3) is 5.81. The van der Waals surface area contributed by atoms with Crippen LogP contribution >= 0.6 is 0 Å². The molecule has 2 heterocycles. The van der Waals surface area contributed by atoms with Crippen molar-refractivity contribution in [1.82, 2.24) is 14.7 Å². The highest BCUT2D eigenvalue weighted by atomic mass is 16.3. The lowest BCUT2D eigenvalue weighted by Crippen LogP contribution is -2.50. The van der Waals surface area contributed by atoms with Crippen LogP contribution in [0.15, 0.2) is 30.3 Å². The Bertz CT molecular complexity index is 557. The van der Waals surface area contributed by atoms with E-state index in [0.29, 0.717) is 6.04 Å². The lowest BCUT2D eigenvalue weighted by Gasteiger charge is -2.36. The molecule has 3 rings (SSSR count). The maximum atomic E-state index is 12.5.